The van der Waals surface area contributed by atoms with Gasteiger partial charge in [0.25, 0.3) is 0 Å². The Balaban J connectivity index is 1.43. The lowest BCUT2D eigenvalue weighted by Gasteiger charge is -2.16. The number of hydrogen-bond donors (Lipinski definition) is 0. The molecule has 0 fully saturated rings. The lowest BCUT2D eigenvalue weighted by Crippen LogP contribution is -2.14. The van der Waals surface area contributed by atoms with E-state index in [4.69, 9.17) is 16.3 Å². The molecule has 6 heteroatoms. The number of aromatic nitrogens is 1. The number of carbonyl (C=O) groups is 2. The van der Waals surface area contributed by atoms with Gasteiger partial charge >= 0.3 is 5.97 Å². The molecule has 1 aliphatic rings. The number of Topliss-reactive ketones (excluding diaryl/α,β-unsaturated/α-hetero) is 1. The van der Waals surface area contributed by atoms with E-state index < -0.39 is 5.97 Å². The highest BCUT2D eigenvalue weighted by Gasteiger charge is 2.23. The van der Waals surface area contributed by atoms with E-state index in [1.54, 1.807) is 0 Å². The van der Waals surface area contributed by atoms with E-state index in [1.165, 1.54) is 21.8 Å². The van der Waals surface area contributed by atoms with Crippen LogP contribution in [0.1, 0.15) is 60.8 Å². The zero-order valence-corrected chi connectivity index (χ0v) is 19.6. The van der Waals surface area contributed by atoms with Crippen LogP contribution in [0.25, 0.3) is 0 Å². The van der Waals surface area contributed by atoms with E-state index in [9.17, 15) is 9.59 Å². The van der Waals surface area contributed by atoms with E-state index >= 15 is 0 Å². The van der Waals surface area contributed by atoms with Crippen molar-refractivity contribution >= 4 is 34.7 Å². The number of rotatable bonds is 6. The Bertz CT molecular complexity index is 1140. The molecule has 2 heterocycles. The van der Waals surface area contributed by atoms with Gasteiger partial charge in [-0.25, -0.2) is 4.79 Å². The van der Waals surface area contributed by atoms with Crippen molar-refractivity contribution in [3.63, 3.8) is 0 Å². The van der Waals surface area contributed by atoms with E-state index in [1.807, 2.05) is 50.2 Å². The molecular formula is C25H26ClNO3S. The number of hydrogen-bond acceptors (Lipinski definition) is 4. The van der Waals surface area contributed by atoms with Gasteiger partial charge < -0.3 is 9.30 Å². The molecule has 1 aromatic carbocycles. The molecule has 31 heavy (non-hydrogen) atoms. The van der Waals surface area contributed by atoms with Crippen LogP contribution in [0.15, 0.2) is 36.4 Å². The molecule has 0 spiro atoms. The summed E-state index contributed by atoms with van der Waals surface area (Å²) in [6.45, 7) is 6.44. The summed E-state index contributed by atoms with van der Waals surface area (Å²) in [6, 6.07) is 11.5. The molecule has 0 saturated heterocycles. The summed E-state index contributed by atoms with van der Waals surface area (Å²) < 4.78 is 7.44. The van der Waals surface area contributed by atoms with Crippen LogP contribution in [0.3, 0.4) is 0 Å². The van der Waals surface area contributed by atoms with Crippen molar-refractivity contribution in [3.8, 4) is 0 Å². The molecule has 0 amide bonds. The molecule has 2 aromatic heterocycles. The lowest BCUT2D eigenvalue weighted by molar-refractivity contribution is 0.0479. The van der Waals surface area contributed by atoms with Gasteiger partial charge in [-0.3, -0.25) is 4.79 Å². The summed E-state index contributed by atoms with van der Waals surface area (Å²) in [6.07, 6.45) is 3.19. The molecule has 162 valence electrons. The van der Waals surface area contributed by atoms with Crippen LogP contribution >= 0.6 is 22.9 Å². The summed E-state index contributed by atoms with van der Waals surface area (Å²) in [5.74, 6) is 0.0423. The van der Waals surface area contributed by atoms with Crippen LogP contribution in [0.4, 0.5) is 0 Å². The van der Waals surface area contributed by atoms with E-state index in [-0.39, 0.29) is 12.4 Å². The van der Waals surface area contributed by atoms with Crippen molar-refractivity contribution in [2.45, 2.75) is 46.6 Å². The summed E-state index contributed by atoms with van der Waals surface area (Å²) in [7, 11) is 0. The van der Waals surface area contributed by atoms with Gasteiger partial charge in [-0.1, -0.05) is 36.7 Å². The van der Waals surface area contributed by atoms with Gasteiger partial charge in [0.2, 0.25) is 5.78 Å². The van der Waals surface area contributed by atoms with Gasteiger partial charge in [-0.2, -0.15) is 0 Å². The Morgan fingerprint density at radius 2 is 2.00 bits per heavy atom. The van der Waals surface area contributed by atoms with Crippen molar-refractivity contribution in [1.82, 2.24) is 4.57 Å². The van der Waals surface area contributed by atoms with Gasteiger partial charge in [-0.05, 0) is 68.4 Å². The summed E-state index contributed by atoms with van der Waals surface area (Å²) in [4.78, 5) is 27.2. The Morgan fingerprint density at radius 1 is 1.23 bits per heavy atom. The van der Waals surface area contributed by atoms with Gasteiger partial charge in [0.1, 0.15) is 4.88 Å². The van der Waals surface area contributed by atoms with Crippen LogP contribution < -0.4 is 0 Å². The number of aryl methyl sites for hydroxylation is 2. The number of benzene rings is 1. The summed E-state index contributed by atoms with van der Waals surface area (Å²) in [5.41, 5.74) is 4.64. The molecule has 3 aromatic rings. The van der Waals surface area contributed by atoms with E-state index in [0.29, 0.717) is 27.9 Å². The Morgan fingerprint density at radius 3 is 2.77 bits per heavy atom. The third-order valence-corrected chi connectivity index (χ3v) is 7.61. The Labute approximate surface area is 191 Å². The molecule has 0 N–H and O–H groups in total. The SMILES string of the molecule is Cc1cc(C(=O)COC(=O)c2cc3c(s2)CC[C@H](C)C3)c(C)n1Cc1ccccc1Cl. The average Bonchev–Trinajstić information content (AvgIpc) is 3.29. The Kier molecular flexibility index (Phi) is 6.35. The van der Waals surface area contributed by atoms with E-state index in [2.05, 4.69) is 11.5 Å². The van der Waals surface area contributed by atoms with Crippen molar-refractivity contribution in [2.75, 3.05) is 6.61 Å². The zero-order valence-electron chi connectivity index (χ0n) is 18.0. The fraction of sp³-hybridized carbons (Fsp3) is 0.360. The van der Waals surface area contributed by atoms with Gasteiger partial charge in [-0.15, -0.1) is 11.3 Å². The predicted molar refractivity (Wildman–Crippen MR) is 125 cm³/mol. The average molecular weight is 456 g/mol. The van der Waals surface area contributed by atoms with Crippen LogP contribution in [0, 0.1) is 19.8 Å². The number of carbonyl (C=O) groups excluding carboxylic acids is 2. The first-order valence-electron chi connectivity index (χ1n) is 10.6. The first kappa shape index (κ1) is 21.8. The van der Waals surface area contributed by atoms with Crippen LogP contribution in [-0.2, 0) is 24.1 Å². The zero-order chi connectivity index (χ0) is 22.1. The molecule has 1 atom stereocenters. The molecule has 0 saturated carbocycles. The van der Waals surface area contributed by atoms with Crippen molar-refractivity contribution < 1.29 is 14.3 Å². The van der Waals surface area contributed by atoms with Gasteiger partial charge in [0.05, 0.1) is 0 Å². The summed E-state index contributed by atoms with van der Waals surface area (Å²) in [5, 5.41) is 0.699. The minimum absolute atomic E-state index is 0.193. The van der Waals surface area contributed by atoms with Crippen molar-refractivity contribution in [1.29, 1.82) is 0 Å². The highest BCUT2D eigenvalue weighted by Crippen LogP contribution is 2.32. The second-order valence-electron chi connectivity index (χ2n) is 8.37. The third-order valence-electron chi connectivity index (χ3n) is 6.03. The fourth-order valence-electron chi connectivity index (χ4n) is 4.21. The maximum Gasteiger partial charge on any atom is 0.348 e. The Hall–Kier alpha value is -2.37. The van der Waals surface area contributed by atoms with Crippen molar-refractivity contribution in [2.24, 2.45) is 5.92 Å². The predicted octanol–water partition coefficient (Wildman–Crippen LogP) is 6.03. The number of thiophene rings is 1. The monoisotopic (exact) mass is 455 g/mol. The van der Waals surface area contributed by atoms with Crippen LogP contribution in [-0.4, -0.2) is 22.9 Å². The molecule has 0 unspecified atom stereocenters. The number of esters is 1. The molecule has 0 radical (unpaired) electrons. The number of ketones is 1. The number of nitrogens with zero attached hydrogens (tertiary/aromatic N) is 1. The minimum Gasteiger partial charge on any atom is -0.453 e. The molecule has 4 nitrogen and oxygen atoms in total. The first-order chi connectivity index (χ1) is 14.8. The topological polar surface area (TPSA) is 48.3 Å². The highest BCUT2D eigenvalue weighted by atomic mass is 35.5. The summed E-state index contributed by atoms with van der Waals surface area (Å²) >= 11 is 7.80. The maximum absolute atomic E-state index is 12.8. The van der Waals surface area contributed by atoms with Crippen LogP contribution in [0.2, 0.25) is 5.02 Å². The second-order valence-corrected chi connectivity index (χ2v) is 9.91. The van der Waals surface area contributed by atoms with Gasteiger partial charge in [0.15, 0.2) is 6.61 Å². The fourth-order valence-corrected chi connectivity index (χ4v) is 5.51. The van der Waals surface area contributed by atoms with Crippen LogP contribution in [0.5, 0.6) is 0 Å². The number of ether oxygens (including phenoxy) is 1. The standard InChI is InChI=1S/C25H26ClNO3S/c1-15-8-9-23-19(10-15)12-24(31-23)25(29)30-14-22(28)20-11-16(2)27(17(20)3)13-18-6-4-5-7-21(18)26/h4-7,11-12,15H,8-10,13-14H2,1-3H3/t15-/m0/s1. The highest BCUT2D eigenvalue weighted by molar-refractivity contribution is 7.14. The normalized spacial score (nSPS) is 15.5. The smallest absolute Gasteiger partial charge is 0.348 e. The van der Waals surface area contributed by atoms with Crippen molar-refractivity contribution in [3.05, 3.63) is 79.3 Å². The number of halogens is 1. The maximum atomic E-state index is 12.8. The quantitative estimate of drug-likeness (QED) is 0.336. The van der Waals surface area contributed by atoms with E-state index in [0.717, 1.165) is 36.2 Å². The molecule has 4 rings (SSSR count). The molecule has 0 aliphatic heterocycles. The third kappa shape index (κ3) is 4.63. The first-order valence-corrected chi connectivity index (χ1v) is 11.7. The second kappa shape index (κ2) is 9.01. The molecule has 1 aliphatic carbocycles. The lowest BCUT2D eigenvalue weighted by atomic mass is 9.90. The molecular weight excluding hydrogens is 430 g/mol. The largest absolute Gasteiger partial charge is 0.453 e. The number of fused-ring (bicyclic) bond motifs is 1. The molecule has 0 bridgehead atoms. The van der Waals surface area contributed by atoms with Gasteiger partial charge in [0, 0.05) is 33.4 Å². The minimum atomic E-state index is -0.412.